The summed E-state index contributed by atoms with van der Waals surface area (Å²) in [5.74, 6) is 0.185. The molecule has 0 radical (unpaired) electrons. The van der Waals surface area contributed by atoms with E-state index in [-0.39, 0.29) is 5.91 Å². The molecule has 0 atom stereocenters. The van der Waals surface area contributed by atoms with E-state index in [4.69, 9.17) is 23.2 Å². The molecule has 0 saturated carbocycles. The molecule has 6 heteroatoms. The van der Waals surface area contributed by atoms with Crippen molar-refractivity contribution in [3.05, 3.63) is 44.2 Å². The van der Waals surface area contributed by atoms with Crippen molar-refractivity contribution in [2.24, 2.45) is 0 Å². The molecule has 3 nitrogen and oxygen atoms in total. The summed E-state index contributed by atoms with van der Waals surface area (Å²) in [4.78, 5) is 15.9. The van der Waals surface area contributed by atoms with Crippen LogP contribution in [-0.2, 0) is 0 Å². The van der Waals surface area contributed by atoms with Crippen LogP contribution in [-0.4, -0.2) is 10.9 Å². The summed E-state index contributed by atoms with van der Waals surface area (Å²) < 4.78 is 0.859. The Morgan fingerprint density at radius 2 is 2.18 bits per heavy atom. The van der Waals surface area contributed by atoms with Gasteiger partial charge in [-0.3, -0.25) is 4.79 Å². The molecule has 0 fully saturated rings. The van der Waals surface area contributed by atoms with Crippen LogP contribution in [0.2, 0.25) is 8.67 Å². The first-order valence-corrected chi connectivity index (χ1v) is 6.32. The second-order valence-corrected chi connectivity index (χ2v) is 5.70. The molecule has 2 aromatic heterocycles. The summed E-state index contributed by atoms with van der Waals surface area (Å²) in [6.07, 6.45) is 1.63. The van der Waals surface area contributed by atoms with Gasteiger partial charge < -0.3 is 5.32 Å². The van der Waals surface area contributed by atoms with Gasteiger partial charge in [-0.15, -0.1) is 11.3 Å². The van der Waals surface area contributed by atoms with E-state index in [1.807, 2.05) is 13.0 Å². The zero-order valence-electron chi connectivity index (χ0n) is 8.83. The molecule has 0 unspecified atom stereocenters. The molecule has 0 bridgehead atoms. The van der Waals surface area contributed by atoms with E-state index in [0.29, 0.717) is 20.1 Å². The maximum atomic E-state index is 11.9. The summed E-state index contributed by atoms with van der Waals surface area (Å²) in [5, 5.41) is 2.67. The third-order valence-electron chi connectivity index (χ3n) is 2.06. The third-order valence-corrected chi connectivity index (χ3v) is 3.55. The Kier molecular flexibility index (Phi) is 3.66. The number of halogens is 2. The van der Waals surface area contributed by atoms with Gasteiger partial charge in [0.1, 0.15) is 10.2 Å². The Balaban J connectivity index is 2.20. The van der Waals surface area contributed by atoms with Crippen LogP contribution in [0.5, 0.6) is 0 Å². The number of nitrogens with one attached hydrogen (secondary N) is 1. The van der Waals surface area contributed by atoms with E-state index in [1.54, 1.807) is 18.3 Å². The molecule has 0 aromatic carbocycles. The number of aryl methyl sites for hydroxylation is 1. The summed E-state index contributed by atoms with van der Waals surface area (Å²) in [6, 6.07) is 5.17. The van der Waals surface area contributed by atoms with Crippen LogP contribution in [0.3, 0.4) is 0 Å². The second kappa shape index (κ2) is 5.04. The van der Waals surface area contributed by atoms with Crippen LogP contribution < -0.4 is 5.32 Å². The smallest absolute Gasteiger partial charge is 0.259 e. The van der Waals surface area contributed by atoms with E-state index in [9.17, 15) is 4.79 Å². The van der Waals surface area contributed by atoms with Gasteiger partial charge in [-0.2, -0.15) is 0 Å². The molecular formula is C11H8Cl2N2OS. The fourth-order valence-electron chi connectivity index (χ4n) is 1.28. The number of pyridine rings is 1. The van der Waals surface area contributed by atoms with E-state index in [2.05, 4.69) is 10.3 Å². The van der Waals surface area contributed by atoms with E-state index in [1.165, 1.54) is 0 Å². The van der Waals surface area contributed by atoms with Gasteiger partial charge in [0.2, 0.25) is 0 Å². The van der Waals surface area contributed by atoms with Crippen molar-refractivity contribution in [3.8, 4) is 0 Å². The van der Waals surface area contributed by atoms with Gasteiger partial charge in [-0.1, -0.05) is 23.2 Å². The highest BCUT2D eigenvalue weighted by Gasteiger charge is 2.14. The molecule has 1 N–H and O–H groups in total. The number of rotatable bonds is 2. The Morgan fingerprint density at radius 3 is 2.76 bits per heavy atom. The Labute approximate surface area is 112 Å². The molecule has 2 rings (SSSR count). The number of thiophene rings is 1. The Morgan fingerprint density at radius 1 is 1.41 bits per heavy atom. The van der Waals surface area contributed by atoms with Crippen LogP contribution >= 0.6 is 34.5 Å². The highest BCUT2D eigenvalue weighted by molar-refractivity contribution is 7.20. The van der Waals surface area contributed by atoms with Gasteiger partial charge in [-0.25, -0.2) is 4.98 Å². The number of nitrogens with zero attached hydrogens (tertiary/aromatic N) is 1. The van der Waals surface area contributed by atoms with Gasteiger partial charge in [0.15, 0.2) is 0 Å². The lowest BCUT2D eigenvalue weighted by molar-refractivity contribution is 0.102. The van der Waals surface area contributed by atoms with Gasteiger partial charge in [-0.05, 0) is 30.7 Å². The quantitative estimate of drug-likeness (QED) is 0.906. The van der Waals surface area contributed by atoms with Crippen LogP contribution in [0.25, 0.3) is 0 Å². The van der Waals surface area contributed by atoms with Gasteiger partial charge in [0.25, 0.3) is 5.91 Å². The number of amides is 1. The molecule has 0 aliphatic carbocycles. The van der Waals surface area contributed by atoms with Crippen molar-refractivity contribution in [3.63, 3.8) is 0 Å². The number of hydrogen-bond acceptors (Lipinski definition) is 3. The Bertz CT molecular complexity index is 568. The van der Waals surface area contributed by atoms with Crippen LogP contribution in [0.15, 0.2) is 24.4 Å². The molecule has 17 heavy (non-hydrogen) atoms. The van der Waals surface area contributed by atoms with Gasteiger partial charge >= 0.3 is 0 Å². The lowest BCUT2D eigenvalue weighted by atomic mass is 10.3. The van der Waals surface area contributed by atoms with Crippen molar-refractivity contribution in [2.45, 2.75) is 6.92 Å². The van der Waals surface area contributed by atoms with Gasteiger partial charge in [0.05, 0.1) is 9.90 Å². The van der Waals surface area contributed by atoms with Crippen LogP contribution in [0.4, 0.5) is 5.82 Å². The van der Waals surface area contributed by atoms with Crippen LogP contribution in [0, 0.1) is 6.92 Å². The molecule has 0 aliphatic rings. The normalized spacial score (nSPS) is 10.3. The average molecular weight is 287 g/mol. The molecule has 0 aliphatic heterocycles. The summed E-state index contributed by atoms with van der Waals surface area (Å²) in [7, 11) is 0. The summed E-state index contributed by atoms with van der Waals surface area (Å²) in [6.45, 7) is 1.92. The Hall–Kier alpha value is -1.10. The minimum Gasteiger partial charge on any atom is -0.306 e. The predicted molar refractivity (Wildman–Crippen MR) is 71.3 cm³/mol. The third kappa shape index (κ3) is 2.97. The topological polar surface area (TPSA) is 42.0 Å². The first-order valence-electron chi connectivity index (χ1n) is 4.75. The fourth-order valence-corrected chi connectivity index (χ4v) is 2.74. The van der Waals surface area contributed by atoms with E-state index in [0.717, 1.165) is 16.9 Å². The molecule has 2 heterocycles. The number of hydrogen-bond donors (Lipinski definition) is 1. The monoisotopic (exact) mass is 286 g/mol. The van der Waals surface area contributed by atoms with Crippen molar-refractivity contribution < 1.29 is 4.79 Å². The first kappa shape index (κ1) is 12.4. The van der Waals surface area contributed by atoms with E-state index < -0.39 is 0 Å². The molecular weight excluding hydrogens is 279 g/mol. The zero-order valence-corrected chi connectivity index (χ0v) is 11.2. The van der Waals surface area contributed by atoms with Gasteiger partial charge in [0, 0.05) is 6.20 Å². The summed E-state index contributed by atoms with van der Waals surface area (Å²) >= 11 is 12.8. The minimum absolute atomic E-state index is 0.309. The standard InChI is InChI=1S/C11H8Cl2N2OS/c1-6-2-3-14-9(4-6)15-11(16)7-5-8(12)17-10(7)13/h2-5H,1H3,(H,14,15,16). The molecule has 2 aromatic rings. The minimum atomic E-state index is -0.309. The first-order chi connectivity index (χ1) is 8.06. The maximum Gasteiger partial charge on any atom is 0.259 e. The number of anilines is 1. The molecule has 1 amide bonds. The fraction of sp³-hybridized carbons (Fsp3) is 0.0909. The van der Waals surface area contributed by atoms with Crippen molar-refractivity contribution in [2.75, 3.05) is 5.32 Å². The largest absolute Gasteiger partial charge is 0.306 e. The SMILES string of the molecule is Cc1ccnc(NC(=O)c2cc(Cl)sc2Cl)c1. The number of carbonyl (C=O) groups excluding carboxylic acids is 1. The summed E-state index contributed by atoms with van der Waals surface area (Å²) in [5.41, 5.74) is 1.38. The predicted octanol–water partition coefficient (Wildman–Crippen LogP) is 4.01. The lowest BCUT2D eigenvalue weighted by Crippen LogP contribution is -2.12. The van der Waals surface area contributed by atoms with Crippen molar-refractivity contribution in [1.29, 1.82) is 0 Å². The van der Waals surface area contributed by atoms with Crippen LogP contribution in [0.1, 0.15) is 15.9 Å². The number of aromatic nitrogens is 1. The lowest BCUT2D eigenvalue weighted by Gasteiger charge is -2.03. The van der Waals surface area contributed by atoms with Crippen molar-refractivity contribution in [1.82, 2.24) is 4.98 Å². The number of carbonyl (C=O) groups is 1. The van der Waals surface area contributed by atoms with Crippen molar-refractivity contribution >= 4 is 46.3 Å². The molecule has 0 saturated heterocycles. The molecule has 0 spiro atoms. The highest BCUT2D eigenvalue weighted by Crippen LogP contribution is 2.31. The molecule has 88 valence electrons. The highest BCUT2D eigenvalue weighted by atomic mass is 35.5. The second-order valence-electron chi connectivity index (χ2n) is 3.41. The van der Waals surface area contributed by atoms with E-state index >= 15 is 0 Å². The average Bonchev–Trinajstić information content (AvgIpc) is 2.58. The maximum absolute atomic E-state index is 11.9. The zero-order chi connectivity index (χ0) is 12.4.